The molecule has 1 saturated heterocycles. The van der Waals surface area contributed by atoms with Crippen LogP contribution in [-0.2, 0) is 14.4 Å². The number of carboxylic acids is 1. The molecule has 72 valence electrons. The van der Waals surface area contributed by atoms with Crippen LogP contribution in [-0.4, -0.2) is 40.9 Å². The predicted octanol–water partition coefficient (Wildman–Crippen LogP) is -1.60. The van der Waals surface area contributed by atoms with Crippen molar-refractivity contribution in [1.82, 2.24) is 4.90 Å². The van der Waals surface area contributed by atoms with Crippen molar-refractivity contribution in [3.05, 3.63) is 0 Å². The summed E-state index contributed by atoms with van der Waals surface area (Å²) < 4.78 is 0. The lowest BCUT2D eigenvalue weighted by Crippen LogP contribution is -2.41. The molecule has 1 aliphatic rings. The first kappa shape index (κ1) is 9.66. The number of hydrogen-bond donors (Lipinski definition) is 2. The fourth-order valence-corrected chi connectivity index (χ4v) is 1.24. The third-order valence-corrected chi connectivity index (χ3v) is 2.14. The van der Waals surface area contributed by atoms with E-state index in [0.717, 1.165) is 4.90 Å². The van der Waals surface area contributed by atoms with Gasteiger partial charge < -0.3 is 10.8 Å². The van der Waals surface area contributed by atoms with E-state index >= 15 is 0 Å². The normalized spacial score (nSPS) is 25.1. The van der Waals surface area contributed by atoms with Crippen LogP contribution in [0.2, 0.25) is 0 Å². The van der Waals surface area contributed by atoms with Gasteiger partial charge in [-0.2, -0.15) is 0 Å². The van der Waals surface area contributed by atoms with Crippen molar-refractivity contribution in [2.24, 2.45) is 11.7 Å². The molecule has 0 bridgehead atoms. The molecule has 0 aliphatic carbocycles. The molecule has 2 amide bonds. The Kier molecular flexibility index (Phi) is 2.33. The van der Waals surface area contributed by atoms with Gasteiger partial charge in [-0.3, -0.25) is 19.3 Å². The van der Waals surface area contributed by atoms with Gasteiger partial charge >= 0.3 is 5.97 Å². The number of likely N-dealkylation sites (tertiary alicyclic amines) is 1. The van der Waals surface area contributed by atoms with Gasteiger partial charge in [-0.05, 0) is 0 Å². The highest BCUT2D eigenvalue weighted by atomic mass is 16.4. The number of rotatable bonds is 2. The third-order valence-electron chi connectivity index (χ3n) is 2.14. The summed E-state index contributed by atoms with van der Waals surface area (Å²) in [6.45, 7) is 0. The second-order valence-electron chi connectivity index (χ2n) is 2.97. The second kappa shape index (κ2) is 3.14. The highest BCUT2D eigenvalue weighted by molar-refractivity contribution is 6.05. The summed E-state index contributed by atoms with van der Waals surface area (Å²) in [5, 5.41) is 8.53. The summed E-state index contributed by atoms with van der Waals surface area (Å²) in [6, 6.07) is -1.29. The lowest BCUT2D eigenvalue weighted by Gasteiger charge is -2.11. The van der Waals surface area contributed by atoms with Crippen LogP contribution in [0.25, 0.3) is 0 Å². The van der Waals surface area contributed by atoms with E-state index in [0.29, 0.717) is 0 Å². The highest BCUT2D eigenvalue weighted by Crippen LogP contribution is 2.20. The average molecular weight is 186 g/mol. The fraction of sp³-hybridized carbons (Fsp3) is 0.571. The number of nitrogens with two attached hydrogens (primary N) is 1. The number of carbonyl (C=O) groups excluding carboxylic acids is 2. The first-order valence-electron chi connectivity index (χ1n) is 3.74. The zero-order valence-electron chi connectivity index (χ0n) is 7.06. The van der Waals surface area contributed by atoms with Gasteiger partial charge in [0.15, 0.2) is 0 Å². The van der Waals surface area contributed by atoms with Crippen molar-refractivity contribution in [1.29, 1.82) is 0 Å². The van der Waals surface area contributed by atoms with Crippen LogP contribution >= 0.6 is 0 Å². The van der Waals surface area contributed by atoms with Gasteiger partial charge in [-0.25, -0.2) is 0 Å². The van der Waals surface area contributed by atoms with Crippen molar-refractivity contribution in [3.8, 4) is 0 Å². The van der Waals surface area contributed by atoms with Crippen LogP contribution in [0.5, 0.6) is 0 Å². The van der Waals surface area contributed by atoms with Gasteiger partial charge in [0.1, 0.15) is 6.04 Å². The molecule has 1 aliphatic heterocycles. The lowest BCUT2D eigenvalue weighted by atomic mass is 9.99. The van der Waals surface area contributed by atoms with Crippen molar-refractivity contribution in [2.75, 3.05) is 7.05 Å². The summed E-state index contributed by atoms with van der Waals surface area (Å²) in [5.74, 6) is -3.07. The number of nitrogens with zero attached hydrogens (tertiary/aromatic N) is 1. The van der Waals surface area contributed by atoms with Crippen LogP contribution in [0, 0.1) is 5.92 Å². The molecular formula is C7H10N2O4. The Morgan fingerprint density at radius 1 is 1.69 bits per heavy atom. The topological polar surface area (TPSA) is 101 Å². The molecule has 0 saturated carbocycles. The van der Waals surface area contributed by atoms with Crippen molar-refractivity contribution >= 4 is 17.8 Å². The van der Waals surface area contributed by atoms with Crippen molar-refractivity contribution < 1.29 is 19.5 Å². The van der Waals surface area contributed by atoms with Crippen LogP contribution in [0.15, 0.2) is 0 Å². The smallest absolute Gasteiger partial charge is 0.321 e. The summed E-state index contributed by atoms with van der Waals surface area (Å²) in [4.78, 5) is 33.6. The Balaban J connectivity index is 2.80. The van der Waals surface area contributed by atoms with Gasteiger partial charge in [0, 0.05) is 13.5 Å². The first-order chi connectivity index (χ1) is 5.95. The Labute approximate surface area is 74.3 Å². The van der Waals surface area contributed by atoms with E-state index in [1.165, 1.54) is 7.05 Å². The third kappa shape index (κ3) is 1.52. The van der Waals surface area contributed by atoms with Gasteiger partial charge in [-0.1, -0.05) is 0 Å². The SMILES string of the molecule is CN1C(=O)CC(C(N)C(=O)O)C1=O. The Morgan fingerprint density at radius 3 is 2.54 bits per heavy atom. The molecule has 0 spiro atoms. The van der Waals surface area contributed by atoms with Gasteiger partial charge in [0.2, 0.25) is 11.8 Å². The quantitative estimate of drug-likeness (QED) is 0.506. The van der Waals surface area contributed by atoms with E-state index in [2.05, 4.69) is 0 Å². The number of imide groups is 1. The standard InChI is InChI=1S/C7H10N2O4/c1-9-4(10)2-3(6(9)11)5(8)7(12)13/h3,5H,2,8H2,1H3,(H,12,13). The summed E-state index contributed by atoms with van der Waals surface area (Å²) in [5.41, 5.74) is 5.24. The minimum absolute atomic E-state index is 0.108. The maximum absolute atomic E-state index is 11.2. The highest BCUT2D eigenvalue weighted by Gasteiger charge is 2.42. The maximum atomic E-state index is 11.2. The monoisotopic (exact) mass is 186 g/mol. The van der Waals surface area contributed by atoms with E-state index in [4.69, 9.17) is 10.8 Å². The number of carboxylic acid groups (broad SMARTS) is 1. The van der Waals surface area contributed by atoms with Crippen LogP contribution in [0.1, 0.15) is 6.42 Å². The molecule has 2 atom stereocenters. The van der Waals surface area contributed by atoms with Crippen LogP contribution < -0.4 is 5.73 Å². The molecule has 13 heavy (non-hydrogen) atoms. The van der Waals surface area contributed by atoms with Crippen molar-refractivity contribution in [2.45, 2.75) is 12.5 Å². The molecule has 0 aromatic rings. The maximum Gasteiger partial charge on any atom is 0.321 e. The largest absolute Gasteiger partial charge is 0.480 e. The Hall–Kier alpha value is -1.43. The molecule has 1 fully saturated rings. The predicted molar refractivity (Wildman–Crippen MR) is 41.5 cm³/mol. The van der Waals surface area contributed by atoms with E-state index in [1.807, 2.05) is 0 Å². The molecule has 1 rings (SSSR count). The first-order valence-corrected chi connectivity index (χ1v) is 3.74. The molecular weight excluding hydrogens is 176 g/mol. The number of hydrogen-bond acceptors (Lipinski definition) is 4. The van der Waals surface area contributed by atoms with Crippen LogP contribution in [0.3, 0.4) is 0 Å². The van der Waals surface area contributed by atoms with E-state index in [1.54, 1.807) is 0 Å². The number of amides is 2. The molecule has 0 radical (unpaired) electrons. The van der Waals surface area contributed by atoms with E-state index in [9.17, 15) is 14.4 Å². The fourth-order valence-electron chi connectivity index (χ4n) is 1.24. The molecule has 0 aromatic heterocycles. The average Bonchev–Trinajstić information content (AvgIpc) is 2.31. The van der Waals surface area contributed by atoms with E-state index < -0.39 is 23.8 Å². The van der Waals surface area contributed by atoms with Gasteiger partial charge in [0.05, 0.1) is 5.92 Å². The summed E-state index contributed by atoms with van der Waals surface area (Å²) in [6.07, 6.45) is -0.108. The zero-order valence-corrected chi connectivity index (χ0v) is 7.06. The molecule has 0 aromatic carbocycles. The number of aliphatic carboxylic acids is 1. The van der Waals surface area contributed by atoms with Crippen molar-refractivity contribution in [3.63, 3.8) is 0 Å². The molecule has 3 N–H and O–H groups in total. The van der Waals surface area contributed by atoms with Gasteiger partial charge in [-0.15, -0.1) is 0 Å². The Bertz CT molecular complexity index is 276. The second-order valence-corrected chi connectivity index (χ2v) is 2.97. The van der Waals surface area contributed by atoms with Crippen LogP contribution in [0.4, 0.5) is 0 Å². The minimum atomic E-state index is -1.29. The molecule has 1 heterocycles. The minimum Gasteiger partial charge on any atom is -0.480 e. The van der Waals surface area contributed by atoms with E-state index in [-0.39, 0.29) is 12.3 Å². The Morgan fingerprint density at radius 2 is 2.23 bits per heavy atom. The molecule has 2 unspecified atom stereocenters. The van der Waals surface area contributed by atoms with Gasteiger partial charge in [0.25, 0.3) is 0 Å². The number of carbonyl (C=O) groups is 3. The molecule has 6 heteroatoms. The molecule has 6 nitrogen and oxygen atoms in total. The summed E-state index contributed by atoms with van der Waals surface area (Å²) in [7, 11) is 1.32. The lowest BCUT2D eigenvalue weighted by molar-refractivity contribution is -0.144. The zero-order chi connectivity index (χ0) is 10.2. The summed E-state index contributed by atoms with van der Waals surface area (Å²) >= 11 is 0.